The van der Waals surface area contributed by atoms with Gasteiger partial charge in [-0.3, -0.25) is 4.79 Å². The van der Waals surface area contributed by atoms with Gasteiger partial charge in [-0.05, 0) is 30.4 Å². The first-order valence-electron chi connectivity index (χ1n) is 7.17. The van der Waals surface area contributed by atoms with Gasteiger partial charge in [0.15, 0.2) is 0 Å². The summed E-state index contributed by atoms with van der Waals surface area (Å²) in [5.41, 5.74) is 2.66. The third kappa shape index (κ3) is 6.97. The molecule has 2 N–H and O–H groups in total. The number of hydrogen-bond donors (Lipinski definition) is 2. The second kappa shape index (κ2) is 8.70. The molecule has 0 radical (unpaired) electrons. The molecular formula is C16H26N2O. The van der Waals surface area contributed by atoms with Crippen molar-refractivity contribution in [1.29, 1.82) is 0 Å². The lowest BCUT2D eigenvalue weighted by molar-refractivity contribution is -0.120. The lowest BCUT2D eigenvalue weighted by atomic mass is 10.0. The normalized spacial score (nSPS) is 10.7. The number of carbonyl (C=O) groups excluding carboxylic acids is 1. The Morgan fingerprint density at radius 3 is 2.37 bits per heavy atom. The Labute approximate surface area is 116 Å². The van der Waals surface area contributed by atoms with Gasteiger partial charge in [0, 0.05) is 26.1 Å². The summed E-state index contributed by atoms with van der Waals surface area (Å²) in [6.45, 7) is 8.65. The van der Waals surface area contributed by atoms with E-state index in [0.717, 1.165) is 19.5 Å². The summed E-state index contributed by atoms with van der Waals surface area (Å²) in [6, 6.07) is 8.72. The molecule has 3 heteroatoms. The first-order chi connectivity index (χ1) is 9.11. The fourth-order valence-electron chi connectivity index (χ4n) is 1.98. The highest BCUT2D eigenvalue weighted by molar-refractivity contribution is 5.75. The first-order valence-corrected chi connectivity index (χ1v) is 7.17. The van der Waals surface area contributed by atoms with Gasteiger partial charge < -0.3 is 10.6 Å². The maximum atomic E-state index is 11.3. The van der Waals surface area contributed by atoms with Crippen molar-refractivity contribution >= 4 is 5.91 Å². The maximum absolute atomic E-state index is 11.3. The van der Waals surface area contributed by atoms with Crippen LogP contribution in [0.1, 0.15) is 38.3 Å². The third-order valence-corrected chi connectivity index (χ3v) is 2.90. The van der Waals surface area contributed by atoms with E-state index < -0.39 is 0 Å². The molecule has 106 valence electrons. The highest BCUT2D eigenvalue weighted by atomic mass is 16.1. The SMILES string of the molecule is CCNC(=O)CCNCc1ccc(CC(C)C)cc1. The molecule has 0 spiro atoms. The van der Waals surface area contributed by atoms with Crippen molar-refractivity contribution in [3.63, 3.8) is 0 Å². The minimum atomic E-state index is 0.113. The van der Waals surface area contributed by atoms with Crippen molar-refractivity contribution < 1.29 is 4.79 Å². The largest absolute Gasteiger partial charge is 0.356 e. The summed E-state index contributed by atoms with van der Waals surface area (Å²) in [5.74, 6) is 0.809. The molecule has 0 unspecified atom stereocenters. The Bertz CT molecular complexity index is 371. The van der Waals surface area contributed by atoms with Crippen LogP contribution in [0.2, 0.25) is 0 Å². The van der Waals surface area contributed by atoms with Gasteiger partial charge >= 0.3 is 0 Å². The van der Waals surface area contributed by atoms with E-state index in [-0.39, 0.29) is 5.91 Å². The molecule has 0 aliphatic rings. The Morgan fingerprint density at radius 1 is 1.16 bits per heavy atom. The molecule has 0 aliphatic heterocycles. The minimum Gasteiger partial charge on any atom is -0.356 e. The minimum absolute atomic E-state index is 0.113. The van der Waals surface area contributed by atoms with Crippen molar-refractivity contribution in [3.8, 4) is 0 Å². The number of nitrogens with one attached hydrogen (secondary N) is 2. The fraction of sp³-hybridized carbons (Fsp3) is 0.562. The van der Waals surface area contributed by atoms with Crippen LogP contribution in [0.15, 0.2) is 24.3 Å². The predicted molar refractivity (Wildman–Crippen MR) is 80.0 cm³/mol. The van der Waals surface area contributed by atoms with Crippen molar-refractivity contribution in [2.45, 2.75) is 40.2 Å². The molecular weight excluding hydrogens is 236 g/mol. The number of rotatable bonds is 8. The monoisotopic (exact) mass is 262 g/mol. The van der Waals surface area contributed by atoms with E-state index in [1.54, 1.807) is 0 Å². The van der Waals surface area contributed by atoms with Crippen LogP contribution in [0.3, 0.4) is 0 Å². The molecule has 1 aromatic rings. The van der Waals surface area contributed by atoms with Crippen molar-refractivity contribution in [2.24, 2.45) is 5.92 Å². The zero-order valence-corrected chi connectivity index (χ0v) is 12.3. The lowest BCUT2D eigenvalue weighted by Crippen LogP contribution is -2.27. The van der Waals surface area contributed by atoms with E-state index in [1.807, 2.05) is 6.92 Å². The second-order valence-electron chi connectivity index (χ2n) is 5.29. The van der Waals surface area contributed by atoms with Crippen molar-refractivity contribution in [1.82, 2.24) is 10.6 Å². The van der Waals surface area contributed by atoms with Crippen LogP contribution in [-0.4, -0.2) is 19.0 Å². The van der Waals surface area contributed by atoms with E-state index in [2.05, 4.69) is 48.7 Å². The molecule has 0 saturated heterocycles. The zero-order chi connectivity index (χ0) is 14.1. The molecule has 0 atom stereocenters. The third-order valence-electron chi connectivity index (χ3n) is 2.90. The zero-order valence-electron chi connectivity index (χ0n) is 12.3. The highest BCUT2D eigenvalue weighted by Crippen LogP contribution is 2.09. The summed E-state index contributed by atoms with van der Waals surface area (Å²) in [6.07, 6.45) is 1.67. The molecule has 0 aromatic heterocycles. The summed E-state index contributed by atoms with van der Waals surface area (Å²) in [5, 5.41) is 6.08. The second-order valence-corrected chi connectivity index (χ2v) is 5.29. The molecule has 0 fully saturated rings. The van der Waals surface area contributed by atoms with Gasteiger partial charge in [-0.25, -0.2) is 0 Å². The van der Waals surface area contributed by atoms with E-state index in [0.29, 0.717) is 18.9 Å². The number of carbonyl (C=O) groups is 1. The molecule has 1 rings (SSSR count). The Morgan fingerprint density at radius 2 is 1.79 bits per heavy atom. The summed E-state index contributed by atoms with van der Waals surface area (Å²) in [4.78, 5) is 11.3. The average molecular weight is 262 g/mol. The summed E-state index contributed by atoms with van der Waals surface area (Å²) >= 11 is 0. The molecule has 0 heterocycles. The molecule has 3 nitrogen and oxygen atoms in total. The molecule has 19 heavy (non-hydrogen) atoms. The van der Waals surface area contributed by atoms with Crippen LogP contribution < -0.4 is 10.6 Å². The standard InChI is InChI=1S/C16H26N2O/c1-4-18-16(19)9-10-17-12-15-7-5-14(6-8-15)11-13(2)3/h5-8,13,17H,4,9-12H2,1-3H3,(H,18,19). The molecule has 1 amide bonds. The van der Waals surface area contributed by atoms with Gasteiger partial charge in [0.2, 0.25) is 5.91 Å². The van der Waals surface area contributed by atoms with Gasteiger partial charge in [-0.15, -0.1) is 0 Å². The molecule has 0 bridgehead atoms. The van der Waals surface area contributed by atoms with Gasteiger partial charge in [-0.1, -0.05) is 38.1 Å². The smallest absolute Gasteiger partial charge is 0.221 e. The van der Waals surface area contributed by atoms with E-state index >= 15 is 0 Å². The quantitative estimate of drug-likeness (QED) is 0.707. The van der Waals surface area contributed by atoms with Gasteiger partial charge in [0.1, 0.15) is 0 Å². The van der Waals surface area contributed by atoms with Crippen LogP contribution in [-0.2, 0) is 17.8 Å². The van der Waals surface area contributed by atoms with E-state index in [1.165, 1.54) is 11.1 Å². The van der Waals surface area contributed by atoms with Gasteiger partial charge in [-0.2, -0.15) is 0 Å². The first kappa shape index (κ1) is 15.7. The van der Waals surface area contributed by atoms with Crippen LogP contribution in [0.25, 0.3) is 0 Å². The Kier molecular flexibility index (Phi) is 7.19. The molecule has 0 saturated carbocycles. The Balaban J connectivity index is 2.24. The Hall–Kier alpha value is -1.35. The highest BCUT2D eigenvalue weighted by Gasteiger charge is 2.00. The van der Waals surface area contributed by atoms with Crippen molar-refractivity contribution in [2.75, 3.05) is 13.1 Å². The van der Waals surface area contributed by atoms with Crippen LogP contribution >= 0.6 is 0 Å². The van der Waals surface area contributed by atoms with Crippen LogP contribution in [0, 0.1) is 5.92 Å². The number of benzene rings is 1. The molecule has 0 aliphatic carbocycles. The van der Waals surface area contributed by atoms with Crippen LogP contribution in [0.5, 0.6) is 0 Å². The topological polar surface area (TPSA) is 41.1 Å². The van der Waals surface area contributed by atoms with Gasteiger partial charge in [0.05, 0.1) is 0 Å². The van der Waals surface area contributed by atoms with Crippen molar-refractivity contribution in [3.05, 3.63) is 35.4 Å². The van der Waals surface area contributed by atoms with E-state index in [4.69, 9.17) is 0 Å². The fourth-order valence-corrected chi connectivity index (χ4v) is 1.98. The number of hydrogen-bond acceptors (Lipinski definition) is 2. The molecule has 1 aromatic carbocycles. The lowest BCUT2D eigenvalue weighted by Gasteiger charge is -2.08. The summed E-state index contributed by atoms with van der Waals surface area (Å²) in [7, 11) is 0. The summed E-state index contributed by atoms with van der Waals surface area (Å²) < 4.78 is 0. The maximum Gasteiger partial charge on any atom is 0.221 e. The average Bonchev–Trinajstić information content (AvgIpc) is 2.36. The van der Waals surface area contributed by atoms with Gasteiger partial charge in [0.25, 0.3) is 0 Å². The van der Waals surface area contributed by atoms with E-state index in [9.17, 15) is 4.79 Å². The number of amides is 1. The predicted octanol–water partition coefficient (Wildman–Crippen LogP) is 2.50. The van der Waals surface area contributed by atoms with Crippen LogP contribution in [0.4, 0.5) is 0 Å².